The average Bonchev–Trinajstić information content (AvgIpc) is 2.77. The Hall–Kier alpha value is -2.14. The molecule has 1 aromatic carbocycles. The Labute approximate surface area is 130 Å². The van der Waals surface area contributed by atoms with Crippen molar-refractivity contribution in [1.29, 1.82) is 0 Å². The van der Waals surface area contributed by atoms with Gasteiger partial charge in [0.05, 0.1) is 6.61 Å². The maximum atomic E-state index is 12.1. The van der Waals surface area contributed by atoms with Gasteiger partial charge in [-0.15, -0.1) is 0 Å². The minimum atomic E-state index is -0.359. The van der Waals surface area contributed by atoms with Gasteiger partial charge in [0.1, 0.15) is 6.54 Å². The first-order valence-corrected chi connectivity index (χ1v) is 7.50. The van der Waals surface area contributed by atoms with Crippen molar-refractivity contribution in [2.24, 2.45) is 0 Å². The van der Waals surface area contributed by atoms with Crippen LogP contribution in [-0.4, -0.2) is 43.0 Å². The predicted molar refractivity (Wildman–Crippen MR) is 84.1 cm³/mol. The highest BCUT2D eigenvalue weighted by atomic mass is 16.5. The summed E-state index contributed by atoms with van der Waals surface area (Å²) in [5.74, 6) is -0.438. The largest absolute Gasteiger partial charge is 0.465 e. The highest BCUT2D eigenvalue weighted by Crippen LogP contribution is 2.18. The minimum absolute atomic E-state index is 0.0200. The lowest BCUT2D eigenvalue weighted by molar-refractivity contribution is -0.147. The maximum Gasteiger partial charge on any atom is 0.325 e. The van der Waals surface area contributed by atoms with E-state index >= 15 is 0 Å². The van der Waals surface area contributed by atoms with E-state index in [0.29, 0.717) is 19.7 Å². The first kappa shape index (κ1) is 16.2. The number of rotatable bonds is 7. The monoisotopic (exact) mass is 302 g/mol. The van der Waals surface area contributed by atoms with Gasteiger partial charge in [0.25, 0.3) is 0 Å². The molecular weight excluding hydrogens is 280 g/mol. The molecule has 1 N–H and O–H groups in total. The quantitative estimate of drug-likeness (QED) is 0.776. The molecule has 1 aliphatic rings. The zero-order valence-corrected chi connectivity index (χ0v) is 13.1. The van der Waals surface area contributed by atoms with Crippen LogP contribution in [0.25, 0.3) is 0 Å². The molecule has 0 fully saturated rings. The van der Waals surface area contributed by atoms with Gasteiger partial charge in [0.2, 0.25) is 5.91 Å². The van der Waals surface area contributed by atoms with Crippen LogP contribution >= 0.6 is 0 Å². The summed E-state index contributed by atoms with van der Waals surface area (Å²) in [7, 11) is 0. The number of benzene rings is 1. The van der Waals surface area contributed by atoms with E-state index in [9.17, 15) is 9.59 Å². The lowest BCUT2D eigenvalue weighted by Crippen LogP contribution is -2.34. The molecule has 0 unspecified atom stereocenters. The highest BCUT2D eigenvalue weighted by molar-refractivity contribution is 5.98. The number of hydrogen-bond donors (Lipinski definition) is 1. The first-order valence-electron chi connectivity index (χ1n) is 7.50. The van der Waals surface area contributed by atoms with Crippen molar-refractivity contribution < 1.29 is 14.3 Å². The third-order valence-electron chi connectivity index (χ3n) is 3.66. The van der Waals surface area contributed by atoms with E-state index in [2.05, 4.69) is 17.4 Å². The summed E-state index contributed by atoms with van der Waals surface area (Å²) in [5, 5.41) is 3.34. The van der Waals surface area contributed by atoms with E-state index < -0.39 is 0 Å². The van der Waals surface area contributed by atoms with Crippen molar-refractivity contribution in [3.05, 3.63) is 47.0 Å². The fourth-order valence-corrected chi connectivity index (χ4v) is 2.44. The van der Waals surface area contributed by atoms with Gasteiger partial charge in [0, 0.05) is 25.2 Å². The molecule has 0 saturated carbocycles. The minimum Gasteiger partial charge on any atom is -0.465 e. The van der Waals surface area contributed by atoms with Crippen molar-refractivity contribution >= 4 is 11.9 Å². The van der Waals surface area contributed by atoms with Crippen LogP contribution in [0, 0.1) is 0 Å². The normalized spacial score (nSPS) is 14.6. The zero-order valence-electron chi connectivity index (χ0n) is 13.1. The van der Waals surface area contributed by atoms with Crippen molar-refractivity contribution in [2.45, 2.75) is 20.4 Å². The Balaban J connectivity index is 1.84. The number of carbonyl (C=O) groups excluding carboxylic acids is 2. The Morgan fingerprint density at radius 2 is 2.00 bits per heavy atom. The average molecular weight is 302 g/mol. The van der Waals surface area contributed by atoms with Crippen LogP contribution in [0.3, 0.4) is 0 Å². The van der Waals surface area contributed by atoms with Crippen LogP contribution in [0.4, 0.5) is 0 Å². The number of ether oxygens (including phenoxy) is 1. The van der Waals surface area contributed by atoms with Gasteiger partial charge in [-0.25, -0.2) is 0 Å². The van der Waals surface area contributed by atoms with Gasteiger partial charge in [-0.2, -0.15) is 0 Å². The van der Waals surface area contributed by atoms with Gasteiger partial charge in [0.15, 0.2) is 0 Å². The summed E-state index contributed by atoms with van der Waals surface area (Å²) >= 11 is 0. The number of esters is 1. The van der Waals surface area contributed by atoms with E-state index in [0.717, 1.165) is 17.7 Å². The van der Waals surface area contributed by atoms with Gasteiger partial charge >= 0.3 is 5.97 Å². The zero-order chi connectivity index (χ0) is 15.9. The highest BCUT2D eigenvalue weighted by Gasteiger charge is 2.28. The van der Waals surface area contributed by atoms with Gasteiger partial charge in [-0.1, -0.05) is 30.3 Å². The molecule has 5 heteroatoms. The van der Waals surface area contributed by atoms with E-state index in [-0.39, 0.29) is 18.4 Å². The van der Waals surface area contributed by atoms with Crippen LogP contribution in [-0.2, 0) is 20.9 Å². The molecule has 1 heterocycles. The molecule has 0 radical (unpaired) electrons. The second kappa shape index (κ2) is 7.75. The third kappa shape index (κ3) is 4.18. The van der Waals surface area contributed by atoms with Crippen molar-refractivity contribution in [3.63, 3.8) is 0 Å². The summed E-state index contributed by atoms with van der Waals surface area (Å²) in [6.07, 6.45) is 0. The van der Waals surface area contributed by atoms with Gasteiger partial charge in [-0.05, 0) is 25.0 Å². The Kier molecular flexibility index (Phi) is 5.72. The van der Waals surface area contributed by atoms with Gasteiger partial charge in [-0.3, -0.25) is 9.59 Å². The molecule has 0 atom stereocenters. The number of carbonyl (C=O) groups is 2. The standard InChI is InChI=1S/C17H22N2O3/c1-3-22-16(20)12-19-11-15(13(2)17(19)21)10-18-9-14-7-5-4-6-8-14/h4-8,18H,3,9-12H2,1-2H3. The summed E-state index contributed by atoms with van der Waals surface area (Å²) < 4.78 is 4.89. The van der Waals surface area contributed by atoms with Crippen LogP contribution < -0.4 is 5.32 Å². The Morgan fingerprint density at radius 3 is 2.68 bits per heavy atom. The third-order valence-corrected chi connectivity index (χ3v) is 3.66. The molecular formula is C17H22N2O3. The lowest BCUT2D eigenvalue weighted by atomic mass is 10.1. The number of hydrogen-bond acceptors (Lipinski definition) is 4. The smallest absolute Gasteiger partial charge is 0.325 e. The van der Waals surface area contributed by atoms with Crippen LogP contribution in [0.5, 0.6) is 0 Å². The molecule has 1 amide bonds. The van der Waals surface area contributed by atoms with E-state index in [1.807, 2.05) is 25.1 Å². The SMILES string of the molecule is CCOC(=O)CN1CC(CNCc2ccccc2)=C(C)C1=O. The molecule has 0 aliphatic carbocycles. The number of nitrogens with one attached hydrogen (secondary N) is 1. The van der Waals surface area contributed by atoms with E-state index in [4.69, 9.17) is 4.74 Å². The molecule has 2 rings (SSSR count). The summed E-state index contributed by atoms with van der Waals surface area (Å²) in [5.41, 5.74) is 2.96. The molecule has 22 heavy (non-hydrogen) atoms. The second-order valence-corrected chi connectivity index (χ2v) is 5.28. The van der Waals surface area contributed by atoms with Crippen LogP contribution in [0.2, 0.25) is 0 Å². The van der Waals surface area contributed by atoms with Crippen molar-refractivity contribution in [3.8, 4) is 0 Å². The second-order valence-electron chi connectivity index (χ2n) is 5.28. The molecule has 0 spiro atoms. The fraction of sp³-hybridized carbons (Fsp3) is 0.412. The molecule has 118 valence electrons. The summed E-state index contributed by atoms with van der Waals surface area (Å²) in [6, 6.07) is 10.1. The molecule has 0 aromatic heterocycles. The molecule has 1 aromatic rings. The maximum absolute atomic E-state index is 12.1. The van der Waals surface area contributed by atoms with E-state index in [1.165, 1.54) is 10.5 Å². The van der Waals surface area contributed by atoms with E-state index in [1.54, 1.807) is 6.92 Å². The molecule has 0 bridgehead atoms. The van der Waals surface area contributed by atoms with Gasteiger partial charge < -0.3 is 15.0 Å². The number of nitrogens with zero attached hydrogens (tertiary/aromatic N) is 1. The van der Waals surface area contributed by atoms with Crippen LogP contribution in [0.1, 0.15) is 19.4 Å². The summed E-state index contributed by atoms with van der Waals surface area (Å²) in [4.78, 5) is 25.2. The lowest BCUT2D eigenvalue weighted by Gasteiger charge is -2.15. The first-order chi connectivity index (χ1) is 10.6. The fourth-order valence-electron chi connectivity index (χ4n) is 2.44. The molecule has 5 nitrogen and oxygen atoms in total. The van der Waals surface area contributed by atoms with Crippen LogP contribution in [0.15, 0.2) is 41.5 Å². The topological polar surface area (TPSA) is 58.6 Å². The number of amides is 1. The predicted octanol–water partition coefficient (Wildman–Crippen LogP) is 1.50. The van der Waals surface area contributed by atoms with Crippen molar-refractivity contribution in [1.82, 2.24) is 10.2 Å². The Bertz CT molecular complexity index is 567. The molecule has 1 aliphatic heterocycles. The Morgan fingerprint density at radius 1 is 1.27 bits per heavy atom. The van der Waals surface area contributed by atoms with Crippen molar-refractivity contribution in [2.75, 3.05) is 26.2 Å². The molecule has 0 saturated heterocycles. The summed E-state index contributed by atoms with van der Waals surface area (Å²) in [6.45, 7) is 5.81.